The van der Waals surface area contributed by atoms with Crippen LogP contribution in [-0.4, -0.2) is 17.1 Å². The van der Waals surface area contributed by atoms with Gasteiger partial charge in [0.2, 0.25) is 0 Å². The first-order chi connectivity index (χ1) is 7.19. The van der Waals surface area contributed by atoms with Crippen LogP contribution in [-0.2, 0) is 11.2 Å². The molecule has 0 saturated carbocycles. The van der Waals surface area contributed by atoms with Gasteiger partial charge in [0, 0.05) is 12.4 Å². The van der Waals surface area contributed by atoms with Crippen molar-refractivity contribution in [2.24, 2.45) is 0 Å². The Morgan fingerprint density at radius 1 is 1.73 bits per heavy atom. The summed E-state index contributed by atoms with van der Waals surface area (Å²) in [6.45, 7) is 7.31. The summed E-state index contributed by atoms with van der Waals surface area (Å²) in [6.07, 6.45) is 5.37. The van der Waals surface area contributed by atoms with E-state index < -0.39 is 0 Å². The van der Waals surface area contributed by atoms with Gasteiger partial charge in [0.1, 0.15) is 6.10 Å². The minimum absolute atomic E-state index is 0.268. The van der Waals surface area contributed by atoms with Gasteiger partial charge >= 0.3 is 5.97 Å². The average molecular weight is 205 g/mol. The van der Waals surface area contributed by atoms with E-state index in [1.807, 2.05) is 6.92 Å². The molecule has 0 fully saturated rings. The fourth-order valence-corrected chi connectivity index (χ4v) is 1.19. The number of aromatic nitrogens is 1. The Kier molecular flexibility index (Phi) is 4.03. The lowest BCUT2D eigenvalue weighted by atomic mass is 10.1. The lowest BCUT2D eigenvalue weighted by Crippen LogP contribution is -2.14. The molecule has 1 aromatic heterocycles. The number of nitrogens with zero attached hydrogens (tertiary/aromatic N) is 1. The molecule has 0 spiro atoms. The highest BCUT2D eigenvalue weighted by molar-refractivity contribution is 5.91. The second kappa shape index (κ2) is 5.29. The van der Waals surface area contributed by atoms with Crippen molar-refractivity contribution in [3.8, 4) is 0 Å². The second-order valence-electron chi connectivity index (χ2n) is 3.23. The highest BCUT2D eigenvalue weighted by atomic mass is 16.5. The molecule has 0 saturated heterocycles. The summed E-state index contributed by atoms with van der Waals surface area (Å²) in [6, 6.07) is 1.68. The normalized spacial score (nSPS) is 11.9. The Balaban J connectivity index is 2.85. The van der Waals surface area contributed by atoms with E-state index in [2.05, 4.69) is 11.6 Å². The molecule has 0 aliphatic heterocycles. The Hall–Kier alpha value is -1.64. The number of pyridine rings is 1. The van der Waals surface area contributed by atoms with E-state index in [0.29, 0.717) is 5.56 Å². The van der Waals surface area contributed by atoms with Gasteiger partial charge in [-0.05, 0) is 25.0 Å². The van der Waals surface area contributed by atoms with Gasteiger partial charge in [-0.25, -0.2) is 4.79 Å². The largest absolute Gasteiger partial charge is 0.455 e. The van der Waals surface area contributed by atoms with Crippen LogP contribution in [0, 0.1) is 0 Å². The van der Waals surface area contributed by atoms with Gasteiger partial charge < -0.3 is 4.74 Å². The molecule has 0 aliphatic carbocycles. The van der Waals surface area contributed by atoms with E-state index in [1.165, 1.54) is 0 Å². The van der Waals surface area contributed by atoms with Crippen molar-refractivity contribution < 1.29 is 9.53 Å². The molecule has 0 aliphatic rings. The van der Waals surface area contributed by atoms with Crippen LogP contribution in [0.4, 0.5) is 0 Å². The number of rotatable bonds is 4. The molecule has 15 heavy (non-hydrogen) atoms. The molecule has 0 amide bonds. The van der Waals surface area contributed by atoms with Gasteiger partial charge in [-0.3, -0.25) is 4.98 Å². The third-order valence-electron chi connectivity index (χ3n) is 2.13. The first kappa shape index (κ1) is 11.4. The van der Waals surface area contributed by atoms with Crippen LogP contribution in [0.25, 0.3) is 0 Å². The maximum Gasteiger partial charge on any atom is 0.339 e. The maximum absolute atomic E-state index is 11.7. The number of hydrogen-bond donors (Lipinski definition) is 0. The molecule has 0 radical (unpaired) electrons. The third-order valence-corrected chi connectivity index (χ3v) is 2.13. The van der Waals surface area contributed by atoms with Gasteiger partial charge in [-0.15, -0.1) is 0 Å². The molecular formula is C12H15NO2. The summed E-state index contributed by atoms with van der Waals surface area (Å²) in [4.78, 5) is 15.7. The molecule has 0 unspecified atom stereocenters. The summed E-state index contributed by atoms with van der Waals surface area (Å²) >= 11 is 0. The Bertz CT molecular complexity index is 360. The van der Waals surface area contributed by atoms with Crippen molar-refractivity contribution in [2.75, 3.05) is 0 Å². The van der Waals surface area contributed by atoms with E-state index in [9.17, 15) is 4.79 Å². The Morgan fingerprint density at radius 3 is 3.07 bits per heavy atom. The average Bonchev–Trinajstić information content (AvgIpc) is 2.28. The van der Waals surface area contributed by atoms with Crippen molar-refractivity contribution in [3.63, 3.8) is 0 Å². The highest BCUT2D eigenvalue weighted by Crippen LogP contribution is 2.10. The number of carbonyl (C=O) groups excluding carboxylic acids is 1. The van der Waals surface area contributed by atoms with Gasteiger partial charge in [0.05, 0.1) is 5.56 Å². The molecular weight excluding hydrogens is 190 g/mol. The summed E-state index contributed by atoms with van der Waals surface area (Å²) in [5, 5.41) is 0. The van der Waals surface area contributed by atoms with Crippen LogP contribution < -0.4 is 0 Å². The summed E-state index contributed by atoms with van der Waals surface area (Å²) in [5.74, 6) is -0.318. The minimum atomic E-state index is -0.318. The summed E-state index contributed by atoms with van der Waals surface area (Å²) in [7, 11) is 0. The summed E-state index contributed by atoms with van der Waals surface area (Å²) in [5.41, 5.74) is 1.49. The predicted molar refractivity (Wildman–Crippen MR) is 58.7 cm³/mol. The standard InChI is InChI=1S/C12H15NO2/c1-4-9(3)15-12(14)11-6-7-13-8-10(11)5-2/h4,6-9H,1,5H2,2-3H3/t9-/m1/s1. The van der Waals surface area contributed by atoms with Crippen LogP contribution in [0.15, 0.2) is 31.1 Å². The first-order valence-electron chi connectivity index (χ1n) is 4.95. The fourth-order valence-electron chi connectivity index (χ4n) is 1.19. The van der Waals surface area contributed by atoms with E-state index in [-0.39, 0.29) is 12.1 Å². The van der Waals surface area contributed by atoms with Gasteiger partial charge in [-0.2, -0.15) is 0 Å². The zero-order chi connectivity index (χ0) is 11.3. The number of aryl methyl sites for hydroxylation is 1. The Morgan fingerprint density at radius 2 is 2.47 bits per heavy atom. The summed E-state index contributed by atoms with van der Waals surface area (Å²) < 4.78 is 5.14. The van der Waals surface area contributed by atoms with Gasteiger partial charge in [0.15, 0.2) is 0 Å². The highest BCUT2D eigenvalue weighted by Gasteiger charge is 2.13. The predicted octanol–water partition coefficient (Wildman–Crippen LogP) is 2.38. The zero-order valence-electron chi connectivity index (χ0n) is 9.06. The molecule has 0 aromatic carbocycles. The van der Waals surface area contributed by atoms with E-state index in [1.54, 1.807) is 31.5 Å². The van der Waals surface area contributed by atoms with Crippen molar-refractivity contribution in [1.29, 1.82) is 0 Å². The van der Waals surface area contributed by atoms with Crippen molar-refractivity contribution in [3.05, 3.63) is 42.2 Å². The smallest absolute Gasteiger partial charge is 0.339 e. The topological polar surface area (TPSA) is 39.2 Å². The quantitative estimate of drug-likeness (QED) is 0.559. The molecule has 1 atom stereocenters. The molecule has 0 bridgehead atoms. The van der Waals surface area contributed by atoms with E-state index >= 15 is 0 Å². The van der Waals surface area contributed by atoms with Crippen molar-refractivity contribution >= 4 is 5.97 Å². The molecule has 0 N–H and O–H groups in total. The second-order valence-corrected chi connectivity index (χ2v) is 3.23. The maximum atomic E-state index is 11.7. The number of esters is 1. The molecule has 1 rings (SSSR count). The van der Waals surface area contributed by atoms with Gasteiger partial charge in [0.25, 0.3) is 0 Å². The SMILES string of the molecule is C=C[C@@H](C)OC(=O)c1ccncc1CC. The van der Waals surface area contributed by atoms with Crippen molar-refractivity contribution in [1.82, 2.24) is 4.98 Å². The number of carbonyl (C=O) groups is 1. The van der Waals surface area contributed by atoms with Crippen LogP contribution in [0.5, 0.6) is 0 Å². The number of hydrogen-bond acceptors (Lipinski definition) is 3. The molecule has 3 nitrogen and oxygen atoms in total. The Labute approximate surface area is 89.8 Å². The molecule has 1 aromatic rings. The lowest BCUT2D eigenvalue weighted by Gasteiger charge is -2.10. The minimum Gasteiger partial charge on any atom is -0.455 e. The van der Waals surface area contributed by atoms with Crippen LogP contribution in [0.3, 0.4) is 0 Å². The lowest BCUT2D eigenvalue weighted by molar-refractivity contribution is 0.0423. The van der Waals surface area contributed by atoms with Crippen LogP contribution in [0.1, 0.15) is 29.8 Å². The molecule has 80 valence electrons. The monoisotopic (exact) mass is 205 g/mol. The molecule has 3 heteroatoms. The first-order valence-corrected chi connectivity index (χ1v) is 4.95. The zero-order valence-corrected chi connectivity index (χ0v) is 9.06. The van der Waals surface area contributed by atoms with Crippen molar-refractivity contribution in [2.45, 2.75) is 26.4 Å². The third kappa shape index (κ3) is 2.91. The fraction of sp³-hybridized carbons (Fsp3) is 0.333. The van der Waals surface area contributed by atoms with E-state index in [0.717, 1.165) is 12.0 Å². The van der Waals surface area contributed by atoms with Crippen LogP contribution >= 0.6 is 0 Å². The number of ether oxygens (including phenoxy) is 1. The van der Waals surface area contributed by atoms with E-state index in [4.69, 9.17) is 4.74 Å². The van der Waals surface area contributed by atoms with Gasteiger partial charge in [-0.1, -0.05) is 19.6 Å². The van der Waals surface area contributed by atoms with Crippen LogP contribution in [0.2, 0.25) is 0 Å². The molecule has 1 heterocycles.